The largest absolute Gasteiger partial charge is 0.290 e. The SMILES string of the molecule is CCCn1nc(C(=O)NNC(=O)c2sc(-c3ccsc3)nc2C)c2ccccc2c1=O. The number of carbonyl (C=O) groups is 2. The maximum Gasteiger partial charge on any atom is 0.290 e. The monoisotopic (exact) mass is 453 g/mol. The van der Waals surface area contributed by atoms with Crippen LogP contribution in [-0.4, -0.2) is 26.6 Å². The number of nitrogens with one attached hydrogen (secondary N) is 2. The van der Waals surface area contributed by atoms with Gasteiger partial charge in [-0.2, -0.15) is 16.4 Å². The van der Waals surface area contributed by atoms with E-state index in [-0.39, 0.29) is 11.3 Å². The van der Waals surface area contributed by atoms with Gasteiger partial charge in [0, 0.05) is 22.9 Å². The van der Waals surface area contributed by atoms with Gasteiger partial charge in [-0.15, -0.1) is 11.3 Å². The zero-order chi connectivity index (χ0) is 22.0. The van der Waals surface area contributed by atoms with Gasteiger partial charge in [0.05, 0.1) is 11.1 Å². The van der Waals surface area contributed by atoms with Crippen molar-refractivity contribution in [3.63, 3.8) is 0 Å². The molecule has 0 aliphatic rings. The van der Waals surface area contributed by atoms with Crippen LogP contribution in [0.15, 0.2) is 45.9 Å². The lowest BCUT2D eigenvalue weighted by atomic mass is 10.1. The van der Waals surface area contributed by atoms with E-state index in [4.69, 9.17) is 0 Å². The minimum atomic E-state index is -0.602. The molecule has 31 heavy (non-hydrogen) atoms. The number of hydrogen-bond acceptors (Lipinski definition) is 7. The van der Waals surface area contributed by atoms with E-state index in [9.17, 15) is 14.4 Å². The van der Waals surface area contributed by atoms with E-state index in [2.05, 4.69) is 20.9 Å². The highest BCUT2D eigenvalue weighted by molar-refractivity contribution is 7.17. The average Bonchev–Trinajstić information content (AvgIpc) is 3.44. The van der Waals surface area contributed by atoms with Crippen molar-refractivity contribution in [3.8, 4) is 10.6 Å². The Morgan fingerprint density at radius 2 is 1.84 bits per heavy atom. The summed E-state index contributed by atoms with van der Waals surface area (Å²) >= 11 is 2.81. The van der Waals surface area contributed by atoms with E-state index in [0.29, 0.717) is 34.3 Å². The first-order valence-electron chi connectivity index (χ1n) is 9.60. The van der Waals surface area contributed by atoms with Crippen molar-refractivity contribution in [2.75, 3.05) is 0 Å². The number of hydrazine groups is 1. The third kappa shape index (κ3) is 4.12. The molecule has 3 aromatic heterocycles. The Morgan fingerprint density at radius 1 is 1.10 bits per heavy atom. The summed E-state index contributed by atoms with van der Waals surface area (Å²) in [7, 11) is 0. The number of nitrogens with zero attached hydrogens (tertiary/aromatic N) is 3. The summed E-state index contributed by atoms with van der Waals surface area (Å²) < 4.78 is 1.28. The van der Waals surface area contributed by atoms with Gasteiger partial charge in [-0.3, -0.25) is 25.2 Å². The number of amides is 2. The Morgan fingerprint density at radius 3 is 2.55 bits per heavy atom. The molecule has 0 radical (unpaired) electrons. The van der Waals surface area contributed by atoms with Crippen LogP contribution in [0.25, 0.3) is 21.3 Å². The molecule has 2 N–H and O–H groups in total. The molecule has 0 saturated heterocycles. The summed E-state index contributed by atoms with van der Waals surface area (Å²) in [5.41, 5.74) is 6.21. The number of aryl methyl sites for hydroxylation is 2. The smallest absolute Gasteiger partial charge is 0.267 e. The lowest BCUT2D eigenvalue weighted by molar-refractivity contribution is 0.0845. The second-order valence-electron chi connectivity index (χ2n) is 6.78. The van der Waals surface area contributed by atoms with E-state index >= 15 is 0 Å². The van der Waals surface area contributed by atoms with Crippen LogP contribution in [0.5, 0.6) is 0 Å². The fraction of sp³-hybridized carbons (Fsp3) is 0.190. The van der Waals surface area contributed by atoms with Crippen molar-refractivity contribution < 1.29 is 9.59 Å². The van der Waals surface area contributed by atoms with Gasteiger partial charge in [-0.25, -0.2) is 9.67 Å². The second kappa shape index (κ2) is 8.78. The fourth-order valence-electron chi connectivity index (χ4n) is 3.11. The van der Waals surface area contributed by atoms with Crippen LogP contribution >= 0.6 is 22.7 Å². The van der Waals surface area contributed by atoms with Crippen LogP contribution < -0.4 is 16.4 Å². The number of thiazole rings is 1. The number of carbonyl (C=O) groups excluding carboxylic acids is 2. The highest BCUT2D eigenvalue weighted by atomic mass is 32.1. The van der Waals surface area contributed by atoms with E-state index in [0.717, 1.165) is 10.6 Å². The summed E-state index contributed by atoms with van der Waals surface area (Å²) in [6.45, 7) is 4.06. The molecule has 158 valence electrons. The second-order valence-corrected chi connectivity index (χ2v) is 8.56. The van der Waals surface area contributed by atoms with E-state index in [1.54, 1.807) is 42.5 Å². The molecule has 0 saturated carbocycles. The highest BCUT2D eigenvalue weighted by Gasteiger charge is 2.20. The maximum atomic E-state index is 12.8. The molecular formula is C21H19N5O3S2. The molecule has 0 aliphatic carbocycles. The predicted octanol–water partition coefficient (Wildman–Crippen LogP) is 3.37. The standard InChI is InChI=1S/C21H19N5O3S2/c1-3-9-26-21(29)15-7-5-4-6-14(15)16(25-26)18(27)23-24-19(28)17-12(2)22-20(31-17)13-8-10-30-11-13/h4-8,10-11H,3,9H2,1-2H3,(H,23,27)(H,24,28). The predicted molar refractivity (Wildman–Crippen MR) is 121 cm³/mol. The summed E-state index contributed by atoms with van der Waals surface area (Å²) in [5.74, 6) is -1.06. The lowest BCUT2D eigenvalue weighted by Crippen LogP contribution is -2.42. The molecule has 2 amide bonds. The van der Waals surface area contributed by atoms with Crippen LogP contribution in [0.1, 0.15) is 39.2 Å². The van der Waals surface area contributed by atoms with Crippen molar-refractivity contribution in [3.05, 3.63) is 67.7 Å². The van der Waals surface area contributed by atoms with Crippen LogP contribution in [0, 0.1) is 6.92 Å². The number of fused-ring (bicyclic) bond motifs is 1. The summed E-state index contributed by atoms with van der Waals surface area (Å²) in [6, 6.07) is 8.73. The molecule has 8 nitrogen and oxygen atoms in total. The first-order chi connectivity index (χ1) is 15.0. The quantitative estimate of drug-likeness (QED) is 0.451. The fourth-order valence-corrected chi connectivity index (χ4v) is 4.79. The van der Waals surface area contributed by atoms with Crippen molar-refractivity contribution in [1.29, 1.82) is 0 Å². The Labute approximate surface area is 185 Å². The van der Waals surface area contributed by atoms with Gasteiger partial charge in [0.15, 0.2) is 5.69 Å². The Kier molecular flexibility index (Phi) is 5.92. The number of benzene rings is 1. The molecule has 1 aromatic carbocycles. The summed E-state index contributed by atoms with van der Waals surface area (Å²) in [5, 5.41) is 9.72. The Hall–Kier alpha value is -3.37. The van der Waals surface area contributed by atoms with Gasteiger partial charge >= 0.3 is 0 Å². The van der Waals surface area contributed by atoms with Gasteiger partial charge in [0.25, 0.3) is 17.4 Å². The van der Waals surface area contributed by atoms with E-state index in [1.807, 2.05) is 23.8 Å². The molecule has 10 heteroatoms. The topological polar surface area (TPSA) is 106 Å². The molecule has 0 fully saturated rings. The van der Waals surface area contributed by atoms with Crippen molar-refractivity contribution >= 4 is 45.3 Å². The number of aromatic nitrogens is 3. The molecule has 0 bridgehead atoms. The lowest BCUT2D eigenvalue weighted by Gasteiger charge is -2.11. The van der Waals surface area contributed by atoms with Crippen LogP contribution in [0.3, 0.4) is 0 Å². The van der Waals surface area contributed by atoms with E-state index < -0.39 is 11.8 Å². The Bertz CT molecular complexity index is 1320. The van der Waals surface area contributed by atoms with Gasteiger partial charge in [-0.1, -0.05) is 25.1 Å². The van der Waals surface area contributed by atoms with Gasteiger partial charge in [0.2, 0.25) is 0 Å². The number of thiophene rings is 1. The zero-order valence-corrected chi connectivity index (χ0v) is 18.5. The average molecular weight is 454 g/mol. The maximum absolute atomic E-state index is 12.8. The molecule has 0 aliphatic heterocycles. The zero-order valence-electron chi connectivity index (χ0n) is 16.8. The van der Waals surface area contributed by atoms with Gasteiger partial charge < -0.3 is 0 Å². The first kappa shape index (κ1) is 20.9. The number of rotatable bonds is 5. The van der Waals surface area contributed by atoms with E-state index in [1.165, 1.54) is 16.0 Å². The van der Waals surface area contributed by atoms with Gasteiger partial charge in [-0.05, 0) is 30.9 Å². The van der Waals surface area contributed by atoms with Crippen molar-refractivity contribution in [2.24, 2.45) is 0 Å². The highest BCUT2D eigenvalue weighted by Crippen LogP contribution is 2.29. The minimum Gasteiger partial charge on any atom is -0.267 e. The van der Waals surface area contributed by atoms with Gasteiger partial charge in [0.1, 0.15) is 9.88 Å². The van der Waals surface area contributed by atoms with Crippen molar-refractivity contribution in [1.82, 2.24) is 25.6 Å². The van der Waals surface area contributed by atoms with Crippen molar-refractivity contribution in [2.45, 2.75) is 26.8 Å². The number of hydrogen-bond donors (Lipinski definition) is 2. The van der Waals surface area contributed by atoms with Crippen LogP contribution in [0.2, 0.25) is 0 Å². The summed E-state index contributed by atoms with van der Waals surface area (Å²) in [4.78, 5) is 42.9. The van der Waals surface area contributed by atoms with Crippen LogP contribution in [-0.2, 0) is 6.54 Å². The molecule has 0 unspecified atom stereocenters. The molecule has 4 aromatic rings. The molecular weight excluding hydrogens is 434 g/mol. The third-order valence-electron chi connectivity index (χ3n) is 4.58. The van der Waals surface area contributed by atoms with Crippen LogP contribution in [0.4, 0.5) is 0 Å². The normalized spacial score (nSPS) is 10.9. The third-order valence-corrected chi connectivity index (χ3v) is 6.47. The molecule has 3 heterocycles. The molecule has 0 atom stereocenters. The first-order valence-corrected chi connectivity index (χ1v) is 11.4. The molecule has 4 rings (SSSR count). The minimum absolute atomic E-state index is 0.0731. The summed E-state index contributed by atoms with van der Waals surface area (Å²) in [6.07, 6.45) is 0.695. The Balaban J connectivity index is 1.57. The molecule has 0 spiro atoms.